The molecule has 100 valence electrons. The number of para-hydroxylation sites is 1. The maximum Gasteiger partial charge on any atom is 0.222 e. The fourth-order valence-corrected chi connectivity index (χ4v) is 2.17. The summed E-state index contributed by atoms with van der Waals surface area (Å²) in [4.78, 5) is 4.56. The number of nitrogens with two attached hydrogens (primary N) is 1. The highest BCUT2D eigenvalue weighted by atomic mass is 16.5. The molecule has 1 heterocycles. The van der Waals surface area contributed by atoms with Crippen molar-refractivity contribution in [1.29, 1.82) is 0 Å². The van der Waals surface area contributed by atoms with E-state index in [9.17, 15) is 0 Å². The van der Waals surface area contributed by atoms with Gasteiger partial charge < -0.3 is 10.5 Å². The van der Waals surface area contributed by atoms with Gasteiger partial charge in [-0.15, -0.1) is 0 Å². The van der Waals surface area contributed by atoms with Crippen LogP contribution in [0.5, 0.6) is 11.6 Å². The van der Waals surface area contributed by atoms with Crippen molar-refractivity contribution in [1.82, 2.24) is 4.98 Å². The highest BCUT2D eigenvalue weighted by Gasteiger charge is 2.08. The number of ether oxygens (including phenoxy) is 1. The maximum absolute atomic E-state index is 5.98. The van der Waals surface area contributed by atoms with Crippen LogP contribution in [0.3, 0.4) is 0 Å². The van der Waals surface area contributed by atoms with Gasteiger partial charge in [-0.05, 0) is 43.7 Å². The first-order valence-corrected chi connectivity index (χ1v) is 6.54. The van der Waals surface area contributed by atoms with Gasteiger partial charge in [-0.3, -0.25) is 0 Å². The predicted molar refractivity (Wildman–Crippen MR) is 82.1 cm³/mol. The molecule has 0 unspecified atom stereocenters. The summed E-state index contributed by atoms with van der Waals surface area (Å²) in [5.74, 6) is 1.24. The van der Waals surface area contributed by atoms with Gasteiger partial charge in [0.05, 0.1) is 11.2 Å². The monoisotopic (exact) mass is 264 g/mol. The second-order valence-electron chi connectivity index (χ2n) is 4.95. The van der Waals surface area contributed by atoms with E-state index in [-0.39, 0.29) is 0 Å². The van der Waals surface area contributed by atoms with E-state index in [0.717, 1.165) is 22.0 Å². The molecule has 0 spiro atoms. The fraction of sp³-hybridized carbons (Fsp3) is 0.118. The summed E-state index contributed by atoms with van der Waals surface area (Å²) >= 11 is 0. The van der Waals surface area contributed by atoms with E-state index in [2.05, 4.69) is 11.1 Å². The molecule has 3 aromatic rings. The Morgan fingerprint density at radius 2 is 1.80 bits per heavy atom. The molecule has 0 saturated heterocycles. The van der Waals surface area contributed by atoms with E-state index in [1.54, 1.807) is 0 Å². The van der Waals surface area contributed by atoms with Crippen molar-refractivity contribution in [2.45, 2.75) is 13.8 Å². The summed E-state index contributed by atoms with van der Waals surface area (Å²) in [6.07, 6.45) is 0. The third-order valence-corrected chi connectivity index (χ3v) is 3.24. The molecule has 3 heteroatoms. The van der Waals surface area contributed by atoms with Crippen LogP contribution in [0.1, 0.15) is 11.1 Å². The molecule has 0 fully saturated rings. The molecule has 0 bridgehead atoms. The van der Waals surface area contributed by atoms with Gasteiger partial charge in [0.2, 0.25) is 5.88 Å². The second kappa shape index (κ2) is 4.85. The van der Waals surface area contributed by atoms with Crippen LogP contribution in [0.25, 0.3) is 10.9 Å². The lowest BCUT2D eigenvalue weighted by molar-refractivity contribution is 0.463. The van der Waals surface area contributed by atoms with Gasteiger partial charge in [0.25, 0.3) is 0 Å². The van der Waals surface area contributed by atoms with Gasteiger partial charge >= 0.3 is 0 Å². The number of fused-ring (bicyclic) bond motifs is 1. The first kappa shape index (κ1) is 12.5. The molecule has 20 heavy (non-hydrogen) atoms. The molecule has 3 nitrogen and oxygen atoms in total. The Morgan fingerprint density at radius 3 is 2.60 bits per heavy atom. The molecule has 0 amide bonds. The predicted octanol–water partition coefficient (Wildman–Crippen LogP) is 4.23. The molecule has 2 N–H and O–H groups in total. The largest absolute Gasteiger partial charge is 0.437 e. The Balaban J connectivity index is 2.03. The molecule has 0 saturated carbocycles. The maximum atomic E-state index is 5.98. The van der Waals surface area contributed by atoms with E-state index < -0.39 is 0 Å². The Bertz CT molecular complexity index is 781. The zero-order valence-electron chi connectivity index (χ0n) is 11.6. The second-order valence-corrected chi connectivity index (χ2v) is 4.95. The molecule has 0 aliphatic heterocycles. The summed E-state index contributed by atoms with van der Waals surface area (Å²) in [5.41, 5.74) is 9.62. The lowest BCUT2D eigenvalue weighted by Gasteiger charge is -2.11. The number of hydrogen-bond donors (Lipinski definition) is 1. The van der Waals surface area contributed by atoms with Crippen molar-refractivity contribution in [3.63, 3.8) is 0 Å². The number of aromatic nitrogens is 1. The third-order valence-electron chi connectivity index (χ3n) is 3.24. The first-order valence-electron chi connectivity index (χ1n) is 6.54. The molecular formula is C17H16N2O. The van der Waals surface area contributed by atoms with Gasteiger partial charge in [-0.1, -0.05) is 24.3 Å². The Labute approximate surface area is 118 Å². The topological polar surface area (TPSA) is 48.1 Å². The summed E-state index contributed by atoms with van der Waals surface area (Å²) < 4.78 is 5.87. The molecule has 3 rings (SSSR count). The number of benzene rings is 2. The van der Waals surface area contributed by atoms with Gasteiger partial charge in [-0.25, -0.2) is 4.98 Å². The summed E-state index contributed by atoms with van der Waals surface area (Å²) in [5, 5.41) is 1.11. The van der Waals surface area contributed by atoms with E-state index >= 15 is 0 Å². The lowest BCUT2D eigenvalue weighted by atomic mass is 10.1. The Morgan fingerprint density at radius 1 is 1.00 bits per heavy atom. The standard InChI is InChI=1S/C17H16N2O/c1-11-7-8-16(14(18)9-11)20-17-12(2)10-13-5-3-4-6-15(13)19-17/h3-10H,18H2,1-2H3. The van der Waals surface area contributed by atoms with Crippen LogP contribution in [-0.4, -0.2) is 4.98 Å². The average Bonchev–Trinajstić information content (AvgIpc) is 2.42. The average molecular weight is 264 g/mol. The van der Waals surface area contributed by atoms with Crippen molar-refractivity contribution in [3.05, 3.63) is 59.7 Å². The fourth-order valence-electron chi connectivity index (χ4n) is 2.17. The normalized spacial score (nSPS) is 10.7. The number of pyridine rings is 1. The highest BCUT2D eigenvalue weighted by Crippen LogP contribution is 2.30. The Kier molecular flexibility index (Phi) is 3.03. The van der Waals surface area contributed by atoms with E-state index in [0.29, 0.717) is 17.3 Å². The number of nitrogens with zero attached hydrogens (tertiary/aromatic N) is 1. The van der Waals surface area contributed by atoms with Gasteiger partial charge in [0.15, 0.2) is 5.75 Å². The first-order chi connectivity index (χ1) is 9.63. The van der Waals surface area contributed by atoms with Crippen LogP contribution >= 0.6 is 0 Å². The minimum atomic E-state index is 0.597. The molecule has 2 aromatic carbocycles. The van der Waals surface area contributed by atoms with Gasteiger partial charge in [0, 0.05) is 10.9 Å². The van der Waals surface area contributed by atoms with Crippen molar-refractivity contribution < 1.29 is 4.74 Å². The highest BCUT2D eigenvalue weighted by molar-refractivity contribution is 5.80. The molecule has 1 aromatic heterocycles. The van der Waals surface area contributed by atoms with Crippen molar-refractivity contribution in [3.8, 4) is 11.6 Å². The smallest absolute Gasteiger partial charge is 0.222 e. The van der Waals surface area contributed by atoms with Crippen LogP contribution in [0.2, 0.25) is 0 Å². The van der Waals surface area contributed by atoms with E-state index in [1.807, 2.05) is 56.3 Å². The van der Waals surface area contributed by atoms with Crippen LogP contribution < -0.4 is 10.5 Å². The number of hydrogen-bond acceptors (Lipinski definition) is 3. The molecule has 0 aliphatic rings. The van der Waals surface area contributed by atoms with E-state index in [4.69, 9.17) is 10.5 Å². The Hall–Kier alpha value is -2.55. The third kappa shape index (κ3) is 2.30. The van der Waals surface area contributed by atoms with Crippen molar-refractivity contribution >= 4 is 16.6 Å². The number of rotatable bonds is 2. The number of aryl methyl sites for hydroxylation is 2. The zero-order chi connectivity index (χ0) is 14.1. The minimum absolute atomic E-state index is 0.597. The molecular weight excluding hydrogens is 248 g/mol. The SMILES string of the molecule is Cc1ccc(Oc2nc3ccccc3cc2C)c(N)c1. The van der Waals surface area contributed by atoms with Crippen LogP contribution in [0, 0.1) is 13.8 Å². The minimum Gasteiger partial charge on any atom is -0.437 e. The van der Waals surface area contributed by atoms with Gasteiger partial charge in [0.1, 0.15) is 0 Å². The van der Waals surface area contributed by atoms with Gasteiger partial charge in [-0.2, -0.15) is 0 Å². The number of nitrogen functional groups attached to an aromatic ring is 1. The van der Waals surface area contributed by atoms with E-state index in [1.165, 1.54) is 0 Å². The van der Waals surface area contributed by atoms with Crippen molar-refractivity contribution in [2.24, 2.45) is 0 Å². The summed E-state index contributed by atoms with van der Waals surface area (Å²) in [6, 6.07) is 15.8. The van der Waals surface area contributed by atoms with Crippen molar-refractivity contribution in [2.75, 3.05) is 5.73 Å². The molecule has 0 atom stereocenters. The van der Waals surface area contributed by atoms with Crippen LogP contribution in [0.15, 0.2) is 48.5 Å². The molecule has 0 radical (unpaired) electrons. The van der Waals surface area contributed by atoms with Crippen LogP contribution in [-0.2, 0) is 0 Å². The van der Waals surface area contributed by atoms with Crippen LogP contribution in [0.4, 0.5) is 5.69 Å². The molecule has 0 aliphatic carbocycles. The zero-order valence-corrected chi connectivity index (χ0v) is 11.6. The number of anilines is 1. The lowest BCUT2D eigenvalue weighted by Crippen LogP contribution is -1.96. The quantitative estimate of drug-likeness (QED) is 0.705. The summed E-state index contributed by atoms with van der Waals surface area (Å²) in [6.45, 7) is 3.98. The summed E-state index contributed by atoms with van der Waals surface area (Å²) in [7, 11) is 0.